The van der Waals surface area contributed by atoms with E-state index in [1.165, 1.54) is 16.7 Å². The summed E-state index contributed by atoms with van der Waals surface area (Å²) in [5, 5.41) is 0. The van der Waals surface area contributed by atoms with Crippen LogP contribution in [-0.4, -0.2) is 10.9 Å². The molecule has 0 fully saturated rings. The SMILES string of the molecule is Cl.ClCC=Cc1ccc(Cc2cccnc2)cc1. The smallest absolute Gasteiger partial charge is 0.0407 e. The Balaban J connectivity index is 0.00000162. The van der Waals surface area contributed by atoms with Gasteiger partial charge in [-0.25, -0.2) is 0 Å². The van der Waals surface area contributed by atoms with E-state index in [0.717, 1.165) is 6.42 Å². The average molecular weight is 280 g/mol. The summed E-state index contributed by atoms with van der Waals surface area (Å²) in [5.74, 6) is 0.553. The maximum Gasteiger partial charge on any atom is 0.0407 e. The van der Waals surface area contributed by atoms with Crippen molar-refractivity contribution in [2.75, 3.05) is 5.88 Å². The molecule has 18 heavy (non-hydrogen) atoms. The van der Waals surface area contributed by atoms with E-state index in [0.29, 0.717) is 5.88 Å². The minimum absolute atomic E-state index is 0. The van der Waals surface area contributed by atoms with Crippen molar-refractivity contribution in [2.45, 2.75) is 6.42 Å². The highest BCUT2D eigenvalue weighted by molar-refractivity contribution is 6.19. The van der Waals surface area contributed by atoms with E-state index in [2.05, 4.69) is 35.3 Å². The Kier molecular flexibility index (Phi) is 6.48. The van der Waals surface area contributed by atoms with Crippen LogP contribution in [0.15, 0.2) is 54.9 Å². The molecule has 2 aromatic rings. The number of hydrogen-bond acceptors (Lipinski definition) is 1. The molecule has 2 rings (SSSR count). The maximum absolute atomic E-state index is 5.60. The van der Waals surface area contributed by atoms with E-state index >= 15 is 0 Å². The third-order valence-electron chi connectivity index (χ3n) is 2.51. The van der Waals surface area contributed by atoms with Crippen LogP contribution in [0.2, 0.25) is 0 Å². The zero-order valence-electron chi connectivity index (χ0n) is 9.92. The minimum Gasteiger partial charge on any atom is -0.264 e. The molecule has 1 heterocycles. The van der Waals surface area contributed by atoms with Crippen molar-refractivity contribution in [1.82, 2.24) is 4.98 Å². The van der Waals surface area contributed by atoms with Crippen LogP contribution in [0, 0.1) is 0 Å². The van der Waals surface area contributed by atoms with Gasteiger partial charge in [0.05, 0.1) is 0 Å². The van der Waals surface area contributed by atoms with Gasteiger partial charge >= 0.3 is 0 Å². The van der Waals surface area contributed by atoms with Crippen LogP contribution in [0.5, 0.6) is 0 Å². The summed E-state index contributed by atoms with van der Waals surface area (Å²) in [6, 6.07) is 12.5. The highest BCUT2D eigenvalue weighted by Crippen LogP contribution is 2.11. The molecule has 0 atom stereocenters. The zero-order chi connectivity index (χ0) is 11.9. The van der Waals surface area contributed by atoms with E-state index in [1.54, 1.807) is 6.20 Å². The normalized spacial score (nSPS) is 10.3. The second-order valence-electron chi connectivity index (χ2n) is 3.84. The van der Waals surface area contributed by atoms with Crippen LogP contribution in [0.25, 0.3) is 6.08 Å². The quantitative estimate of drug-likeness (QED) is 0.759. The molecule has 0 aliphatic rings. The van der Waals surface area contributed by atoms with Crippen LogP contribution < -0.4 is 0 Å². The van der Waals surface area contributed by atoms with Gasteiger partial charge in [-0.15, -0.1) is 24.0 Å². The Bertz CT molecular complexity index is 478. The van der Waals surface area contributed by atoms with Crippen LogP contribution in [0.4, 0.5) is 0 Å². The Hall–Kier alpha value is -1.31. The summed E-state index contributed by atoms with van der Waals surface area (Å²) in [5.41, 5.74) is 3.71. The lowest BCUT2D eigenvalue weighted by Gasteiger charge is -2.01. The van der Waals surface area contributed by atoms with Crippen molar-refractivity contribution >= 4 is 30.1 Å². The first kappa shape index (κ1) is 14.7. The van der Waals surface area contributed by atoms with E-state index in [1.807, 2.05) is 24.4 Å². The van der Waals surface area contributed by atoms with Crippen molar-refractivity contribution in [1.29, 1.82) is 0 Å². The summed E-state index contributed by atoms with van der Waals surface area (Å²) in [6.45, 7) is 0. The molecule has 1 aromatic carbocycles. The predicted octanol–water partition coefficient (Wildman–Crippen LogP) is 4.35. The number of halogens is 2. The first-order chi connectivity index (χ1) is 8.38. The fraction of sp³-hybridized carbons (Fsp3) is 0.133. The molecule has 1 aromatic heterocycles. The zero-order valence-corrected chi connectivity index (χ0v) is 11.5. The molecule has 0 saturated carbocycles. The lowest BCUT2D eigenvalue weighted by molar-refractivity contribution is 1.14. The average Bonchev–Trinajstić information content (AvgIpc) is 2.39. The Labute approximate surface area is 119 Å². The first-order valence-corrected chi connectivity index (χ1v) is 6.12. The molecule has 0 amide bonds. The van der Waals surface area contributed by atoms with Crippen molar-refractivity contribution in [3.63, 3.8) is 0 Å². The topological polar surface area (TPSA) is 12.9 Å². The molecule has 94 valence electrons. The number of pyridine rings is 1. The lowest BCUT2D eigenvalue weighted by atomic mass is 10.0. The highest BCUT2D eigenvalue weighted by atomic mass is 35.5. The van der Waals surface area contributed by atoms with Gasteiger partial charge < -0.3 is 0 Å². The van der Waals surface area contributed by atoms with Crippen LogP contribution in [-0.2, 0) is 6.42 Å². The van der Waals surface area contributed by atoms with Crippen LogP contribution in [0.1, 0.15) is 16.7 Å². The molecule has 0 spiro atoms. The fourth-order valence-electron chi connectivity index (χ4n) is 1.67. The molecule has 0 saturated heterocycles. The van der Waals surface area contributed by atoms with Crippen molar-refractivity contribution in [3.05, 3.63) is 71.6 Å². The van der Waals surface area contributed by atoms with E-state index in [-0.39, 0.29) is 12.4 Å². The maximum atomic E-state index is 5.60. The molecule has 0 aliphatic carbocycles. The van der Waals surface area contributed by atoms with E-state index < -0.39 is 0 Å². The standard InChI is InChI=1S/C15H14ClN.ClH/c16-9-1-3-13-5-7-14(8-6-13)11-15-4-2-10-17-12-15;/h1-8,10,12H,9,11H2;1H. The summed E-state index contributed by atoms with van der Waals surface area (Å²) >= 11 is 5.60. The van der Waals surface area contributed by atoms with Gasteiger partial charge in [-0.3, -0.25) is 4.98 Å². The number of allylic oxidation sites excluding steroid dienone is 1. The molecule has 0 N–H and O–H groups in total. The molecule has 3 heteroatoms. The summed E-state index contributed by atoms with van der Waals surface area (Å²) in [7, 11) is 0. The fourth-order valence-corrected chi connectivity index (χ4v) is 1.75. The second kappa shape index (κ2) is 7.91. The molecular formula is C15H15Cl2N. The summed E-state index contributed by atoms with van der Waals surface area (Å²) < 4.78 is 0. The number of aromatic nitrogens is 1. The minimum atomic E-state index is 0. The Morgan fingerprint density at radius 3 is 2.44 bits per heavy atom. The molecule has 0 unspecified atom stereocenters. The van der Waals surface area contributed by atoms with E-state index in [9.17, 15) is 0 Å². The van der Waals surface area contributed by atoms with Gasteiger partial charge in [-0.1, -0.05) is 42.5 Å². The number of rotatable bonds is 4. The molecular weight excluding hydrogens is 265 g/mol. The lowest BCUT2D eigenvalue weighted by Crippen LogP contribution is -1.88. The van der Waals surface area contributed by atoms with Crippen molar-refractivity contribution in [3.8, 4) is 0 Å². The Morgan fingerprint density at radius 1 is 1.06 bits per heavy atom. The van der Waals surface area contributed by atoms with Crippen molar-refractivity contribution < 1.29 is 0 Å². The first-order valence-electron chi connectivity index (χ1n) is 5.59. The van der Waals surface area contributed by atoms with E-state index in [4.69, 9.17) is 11.6 Å². The predicted molar refractivity (Wildman–Crippen MR) is 80.5 cm³/mol. The summed E-state index contributed by atoms with van der Waals surface area (Å²) in [4.78, 5) is 4.11. The largest absolute Gasteiger partial charge is 0.264 e. The third-order valence-corrected chi connectivity index (χ3v) is 2.69. The number of nitrogens with zero attached hydrogens (tertiary/aromatic N) is 1. The van der Waals surface area contributed by atoms with Gasteiger partial charge in [-0.05, 0) is 29.2 Å². The Morgan fingerprint density at radius 2 is 1.83 bits per heavy atom. The third kappa shape index (κ3) is 4.52. The van der Waals surface area contributed by atoms with Gasteiger partial charge in [0.1, 0.15) is 0 Å². The number of alkyl halides is 1. The monoisotopic (exact) mass is 279 g/mol. The second-order valence-corrected chi connectivity index (χ2v) is 4.14. The molecule has 1 nitrogen and oxygen atoms in total. The van der Waals surface area contributed by atoms with Crippen molar-refractivity contribution in [2.24, 2.45) is 0 Å². The number of hydrogen-bond donors (Lipinski definition) is 0. The van der Waals surface area contributed by atoms with Gasteiger partial charge in [0.15, 0.2) is 0 Å². The van der Waals surface area contributed by atoms with Crippen LogP contribution in [0.3, 0.4) is 0 Å². The number of benzene rings is 1. The van der Waals surface area contributed by atoms with Gasteiger partial charge in [-0.2, -0.15) is 0 Å². The molecule has 0 bridgehead atoms. The van der Waals surface area contributed by atoms with Crippen LogP contribution >= 0.6 is 24.0 Å². The van der Waals surface area contributed by atoms with Gasteiger partial charge in [0.25, 0.3) is 0 Å². The van der Waals surface area contributed by atoms with Gasteiger partial charge in [0.2, 0.25) is 0 Å². The summed E-state index contributed by atoms with van der Waals surface area (Å²) in [6.07, 6.45) is 8.59. The molecule has 0 aliphatic heterocycles. The molecule has 0 radical (unpaired) electrons. The highest BCUT2D eigenvalue weighted by Gasteiger charge is 1.95. The van der Waals surface area contributed by atoms with Gasteiger partial charge in [0, 0.05) is 18.3 Å².